The minimum absolute atomic E-state index is 0.194. The van der Waals surface area contributed by atoms with Crippen molar-refractivity contribution in [1.29, 1.82) is 0 Å². The number of hydrogen-bond donors (Lipinski definition) is 0. The van der Waals surface area contributed by atoms with E-state index in [1.165, 1.54) is 26.8 Å². The Balaban J connectivity index is 2.72. The summed E-state index contributed by atoms with van der Waals surface area (Å²) in [6, 6.07) is 9.03. The molecule has 0 saturated heterocycles. The molecule has 0 unspecified atom stereocenters. The Morgan fingerprint density at radius 1 is 1.12 bits per heavy atom. The van der Waals surface area contributed by atoms with Crippen molar-refractivity contribution in [2.75, 3.05) is 6.67 Å². The molecule has 0 bridgehead atoms. The molecule has 94 valence electrons. The fourth-order valence-electron chi connectivity index (χ4n) is 2.45. The Bertz CT molecular complexity index is 306. The van der Waals surface area contributed by atoms with Gasteiger partial charge in [-0.1, -0.05) is 0 Å². The summed E-state index contributed by atoms with van der Waals surface area (Å²) in [6.45, 7) is 4.40. The van der Waals surface area contributed by atoms with E-state index in [9.17, 15) is 4.39 Å². The first kappa shape index (κ1) is 15.1. The van der Waals surface area contributed by atoms with Crippen LogP contribution in [0, 0.1) is 0 Å². The zero-order valence-electron chi connectivity index (χ0n) is 11.2. The molecule has 0 aliphatic rings. The molecule has 0 saturated carbocycles. The molecule has 0 amide bonds. The van der Waals surface area contributed by atoms with Gasteiger partial charge < -0.3 is 0 Å². The normalized spacial score (nSPS) is 10.5. The summed E-state index contributed by atoms with van der Waals surface area (Å²) in [7, 11) is 0. The molecule has 0 atom stereocenters. The Kier molecular flexibility index (Phi) is 8.00. The summed E-state index contributed by atoms with van der Waals surface area (Å²) in [6.07, 6.45) is 4.23. The molecule has 0 fully saturated rings. The molecule has 0 spiro atoms. The van der Waals surface area contributed by atoms with Gasteiger partial charge in [-0.3, -0.25) is 0 Å². The van der Waals surface area contributed by atoms with Crippen LogP contribution in [-0.4, -0.2) is 28.1 Å². The van der Waals surface area contributed by atoms with Gasteiger partial charge in [-0.05, 0) is 0 Å². The van der Waals surface area contributed by atoms with Crippen LogP contribution in [0.3, 0.4) is 0 Å². The first-order chi connectivity index (χ1) is 8.31. The maximum atomic E-state index is 12.2. The third kappa shape index (κ3) is 5.46. The van der Waals surface area contributed by atoms with E-state index in [-0.39, 0.29) is 6.67 Å². The van der Waals surface area contributed by atoms with Crippen LogP contribution in [0.2, 0.25) is 8.35 Å². The molecule has 0 aliphatic carbocycles. The number of benzene rings is 1. The molecule has 1 rings (SSSR count). The number of halogens is 1. The van der Waals surface area contributed by atoms with Crippen LogP contribution in [0.25, 0.3) is 0 Å². The number of rotatable bonds is 8. The van der Waals surface area contributed by atoms with Gasteiger partial charge in [0.1, 0.15) is 0 Å². The first-order valence-electron chi connectivity index (χ1n) is 6.96. The van der Waals surface area contributed by atoms with Crippen molar-refractivity contribution >= 4 is 24.8 Å². The fraction of sp³-hybridized carbons (Fsp3) is 0.600. The summed E-state index contributed by atoms with van der Waals surface area (Å²) >= 11 is -1.48. The van der Waals surface area contributed by atoms with E-state index in [0.717, 1.165) is 6.42 Å². The second-order valence-electron chi connectivity index (χ2n) is 4.81. The zero-order chi connectivity index (χ0) is 12.5. The minimum atomic E-state index is -1.48. The molecule has 1 aromatic rings. The number of aryl methyl sites for hydroxylation is 1. The van der Waals surface area contributed by atoms with Crippen molar-refractivity contribution in [3.8, 4) is 0 Å². The van der Waals surface area contributed by atoms with Crippen LogP contribution in [0.15, 0.2) is 24.3 Å². The summed E-state index contributed by atoms with van der Waals surface area (Å²) in [4.78, 5) is 0. The van der Waals surface area contributed by atoms with Crippen LogP contribution in [-0.2, 0) is 6.42 Å². The molecule has 0 nitrogen and oxygen atoms in total. The van der Waals surface area contributed by atoms with Crippen molar-refractivity contribution in [2.24, 2.45) is 0 Å². The van der Waals surface area contributed by atoms with Gasteiger partial charge in [0.05, 0.1) is 0 Å². The van der Waals surface area contributed by atoms with Crippen molar-refractivity contribution in [2.45, 2.75) is 47.9 Å². The Morgan fingerprint density at radius 2 is 1.82 bits per heavy atom. The number of alkyl halides is 1. The van der Waals surface area contributed by atoms with E-state index < -0.39 is 21.4 Å². The third-order valence-corrected chi connectivity index (χ3v) is 14.3. The van der Waals surface area contributed by atoms with Crippen LogP contribution >= 0.6 is 0 Å². The molecular weight excluding hydrogens is 314 g/mol. The average molecular weight is 338 g/mol. The van der Waals surface area contributed by atoms with E-state index >= 15 is 0 Å². The SMILES string of the molecule is CC[CH2][In]([CH2]CC)[c]1cccc(CCCF)c1. The van der Waals surface area contributed by atoms with Crippen LogP contribution in [0.5, 0.6) is 0 Å². The number of hydrogen-bond acceptors (Lipinski definition) is 0. The summed E-state index contributed by atoms with van der Waals surface area (Å²) < 4.78 is 16.8. The predicted molar refractivity (Wildman–Crippen MR) is 76.3 cm³/mol. The second kappa shape index (κ2) is 9.02. The summed E-state index contributed by atoms with van der Waals surface area (Å²) in [5, 5.41) is 0. The van der Waals surface area contributed by atoms with Gasteiger partial charge >= 0.3 is 114 Å². The molecule has 0 N–H and O–H groups in total. The third-order valence-electron chi connectivity index (χ3n) is 3.30. The molecule has 0 aliphatic heterocycles. The van der Waals surface area contributed by atoms with Gasteiger partial charge in [-0.15, -0.1) is 0 Å². The van der Waals surface area contributed by atoms with Gasteiger partial charge in [-0.2, -0.15) is 0 Å². The maximum absolute atomic E-state index is 12.2. The molecule has 0 radical (unpaired) electrons. The average Bonchev–Trinajstić information content (AvgIpc) is 2.36. The van der Waals surface area contributed by atoms with E-state index in [0.29, 0.717) is 6.42 Å². The van der Waals surface area contributed by atoms with Crippen molar-refractivity contribution in [3.05, 3.63) is 29.8 Å². The van der Waals surface area contributed by atoms with Gasteiger partial charge in [0.15, 0.2) is 0 Å². The van der Waals surface area contributed by atoms with Crippen molar-refractivity contribution in [1.82, 2.24) is 0 Å². The molecular formula is C15H24FIn. The second-order valence-corrected chi connectivity index (χ2v) is 14.0. The molecule has 1 aromatic carbocycles. The predicted octanol–water partition coefficient (Wildman–Crippen LogP) is 4.11. The van der Waals surface area contributed by atoms with Gasteiger partial charge in [-0.25, -0.2) is 0 Å². The molecule has 17 heavy (non-hydrogen) atoms. The van der Waals surface area contributed by atoms with E-state index in [1.54, 1.807) is 3.32 Å². The summed E-state index contributed by atoms with van der Waals surface area (Å²) in [5.41, 5.74) is 1.34. The molecule has 0 heterocycles. The quantitative estimate of drug-likeness (QED) is 0.669. The Hall–Kier alpha value is 0.0201. The molecule has 0 aromatic heterocycles. The van der Waals surface area contributed by atoms with Crippen molar-refractivity contribution in [3.63, 3.8) is 0 Å². The Morgan fingerprint density at radius 3 is 2.41 bits per heavy atom. The van der Waals surface area contributed by atoms with E-state index in [2.05, 4.69) is 38.1 Å². The van der Waals surface area contributed by atoms with Crippen LogP contribution < -0.4 is 3.32 Å². The van der Waals surface area contributed by atoms with Crippen molar-refractivity contribution < 1.29 is 4.39 Å². The molecule has 2 heteroatoms. The van der Waals surface area contributed by atoms with Gasteiger partial charge in [0, 0.05) is 0 Å². The van der Waals surface area contributed by atoms with Crippen LogP contribution in [0.1, 0.15) is 38.7 Å². The van der Waals surface area contributed by atoms with Gasteiger partial charge in [0.25, 0.3) is 0 Å². The van der Waals surface area contributed by atoms with Crippen LogP contribution in [0.4, 0.5) is 4.39 Å². The van der Waals surface area contributed by atoms with E-state index in [4.69, 9.17) is 0 Å². The fourth-order valence-corrected chi connectivity index (χ4v) is 11.5. The summed E-state index contributed by atoms with van der Waals surface area (Å²) in [5.74, 6) is 0. The Labute approximate surface area is 113 Å². The first-order valence-corrected chi connectivity index (χ1v) is 13.3. The zero-order valence-corrected chi connectivity index (χ0v) is 14.5. The topological polar surface area (TPSA) is 0 Å². The monoisotopic (exact) mass is 338 g/mol. The standard InChI is InChI=1S/C9H10F.2C3H7.In/c10-8-4-7-9-5-2-1-3-6-9;2*1-3-2;/h1-2,5-6H,4,7-8H2;2*1,3H2,2H3;. The van der Waals surface area contributed by atoms with Gasteiger partial charge in [0.2, 0.25) is 0 Å². The van der Waals surface area contributed by atoms with E-state index in [1.807, 2.05) is 0 Å².